The van der Waals surface area contributed by atoms with Crippen LogP contribution in [-0.4, -0.2) is 42.8 Å². The summed E-state index contributed by atoms with van der Waals surface area (Å²) in [5.74, 6) is 5.71. The number of carbonyl (C=O) groups is 1. The quantitative estimate of drug-likeness (QED) is 0.347. The van der Waals surface area contributed by atoms with Crippen molar-refractivity contribution in [2.75, 3.05) is 19.8 Å². The first-order chi connectivity index (χ1) is 17.5. The summed E-state index contributed by atoms with van der Waals surface area (Å²) in [4.78, 5) is 12.5. The van der Waals surface area contributed by atoms with E-state index in [1.54, 1.807) is 0 Å². The molecular weight excluding hydrogens is 466 g/mol. The van der Waals surface area contributed by atoms with Crippen LogP contribution >= 0.6 is 0 Å². The topological polar surface area (TPSA) is 66.0 Å². The summed E-state index contributed by atoms with van der Waals surface area (Å²) in [6.07, 6.45) is 5.02. The predicted octanol–water partition coefficient (Wildman–Crippen LogP) is 6.09. The molecule has 1 aliphatic heterocycles. The Bertz CT molecular complexity index is 1080. The summed E-state index contributed by atoms with van der Waals surface area (Å²) in [5, 5.41) is 2.94. The van der Waals surface area contributed by atoms with E-state index in [9.17, 15) is 4.79 Å². The second kappa shape index (κ2) is 12.9. The van der Waals surface area contributed by atoms with E-state index in [-0.39, 0.29) is 13.2 Å². The number of alkyl carbamates (subject to hydrolysis) is 1. The first-order valence-corrected chi connectivity index (χ1v) is 12.7. The van der Waals surface area contributed by atoms with E-state index in [0.717, 1.165) is 24.0 Å². The van der Waals surface area contributed by atoms with Crippen LogP contribution in [0.25, 0.3) is 6.08 Å². The van der Waals surface area contributed by atoms with Crippen molar-refractivity contribution >= 4 is 12.2 Å². The van der Waals surface area contributed by atoms with Crippen molar-refractivity contribution < 1.29 is 23.7 Å². The van der Waals surface area contributed by atoms with E-state index in [2.05, 4.69) is 29.3 Å². The van der Waals surface area contributed by atoms with Gasteiger partial charge in [-0.05, 0) is 64.3 Å². The second-order valence-corrected chi connectivity index (χ2v) is 10.7. The summed E-state index contributed by atoms with van der Waals surface area (Å²) < 4.78 is 22.9. The molecule has 2 aromatic rings. The summed E-state index contributed by atoms with van der Waals surface area (Å²) in [6, 6.07) is 18.1. The summed E-state index contributed by atoms with van der Waals surface area (Å²) in [5.41, 5.74) is 1.68. The molecular formula is C31H39NO5. The molecule has 1 fully saturated rings. The maximum absolute atomic E-state index is 12.5. The Kier molecular flexibility index (Phi) is 9.93. The van der Waals surface area contributed by atoms with Crippen molar-refractivity contribution in [1.29, 1.82) is 0 Å². The number of benzene rings is 2. The van der Waals surface area contributed by atoms with Crippen molar-refractivity contribution in [2.24, 2.45) is 0 Å². The lowest BCUT2D eigenvalue weighted by Crippen LogP contribution is -2.60. The third-order valence-corrected chi connectivity index (χ3v) is 5.54. The molecule has 0 bridgehead atoms. The van der Waals surface area contributed by atoms with Crippen LogP contribution in [0.1, 0.15) is 64.2 Å². The van der Waals surface area contributed by atoms with Gasteiger partial charge in [-0.2, -0.15) is 0 Å². The van der Waals surface area contributed by atoms with Gasteiger partial charge in [0.15, 0.2) is 5.79 Å². The molecule has 0 atom stereocenters. The number of ether oxygens (including phenoxy) is 4. The van der Waals surface area contributed by atoms with E-state index in [1.165, 1.54) is 5.56 Å². The molecule has 37 heavy (non-hydrogen) atoms. The molecule has 0 aliphatic carbocycles. The Morgan fingerprint density at radius 3 is 2.38 bits per heavy atom. The van der Waals surface area contributed by atoms with Gasteiger partial charge in [0.25, 0.3) is 0 Å². The molecule has 1 N–H and O–H groups in total. The lowest BCUT2D eigenvalue weighted by atomic mass is 9.98. The van der Waals surface area contributed by atoms with E-state index >= 15 is 0 Å². The van der Waals surface area contributed by atoms with Gasteiger partial charge in [-0.15, -0.1) is 0 Å². The largest absolute Gasteiger partial charge is 0.444 e. The van der Waals surface area contributed by atoms with Gasteiger partial charge in [0.05, 0.1) is 19.8 Å². The van der Waals surface area contributed by atoms with E-state index in [0.29, 0.717) is 13.2 Å². The van der Waals surface area contributed by atoms with Crippen molar-refractivity contribution in [3.8, 4) is 11.8 Å². The molecule has 1 aliphatic rings. The van der Waals surface area contributed by atoms with Gasteiger partial charge < -0.3 is 24.3 Å². The Morgan fingerprint density at radius 1 is 1.05 bits per heavy atom. The number of carbonyl (C=O) groups excluding carboxylic acids is 1. The van der Waals surface area contributed by atoms with Gasteiger partial charge >= 0.3 is 6.09 Å². The highest BCUT2D eigenvalue weighted by molar-refractivity contribution is 5.70. The van der Waals surface area contributed by atoms with Crippen LogP contribution in [0.2, 0.25) is 0 Å². The molecule has 1 amide bonds. The summed E-state index contributed by atoms with van der Waals surface area (Å²) in [7, 11) is 0. The SMILES string of the molecule is CC(C)(C)OC(=O)NC1(/C=C/c2ccc(C#CCCCOCc3ccccc3)cc2)COC(C)(C)OC1. The molecule has 1 saturated heterocycles. The lowest BCUT2D eigenvalue weighted by Gasteiger charge is -2.42. The van der Waals surface area contributed by atoms with Crippen molar-refractivity contribution in [3.63, 3.8) is 0 Å². The average molecular weight is 506 g/mol. The molecule has 0 radical (unpaired) electrons. The van der Waals surface area contributed by atoms with Gasteiger partial charge in [-0.1, -0.05) is 66.5 Å². The minimum absolute atomic E-state index is 0.272. The second-order valence-electron chi connectivity index (χ2n) is 10.7. The standard InChI is InChI=1S/C31H39NO5/c1-29(2,3)37-28(33)32-31(23-35-30(4,5)36-24-31)20-19-26-17-15-25(16-18-26)12-10-7-11-21-34-22-27-13-8-6-9-14-27/h6,8-9,13-20H,7,11,21-24H2,1-5H3,(H,32,33)/b20-19+. The van der Waals surface area contributed by atoms with Crippen LogP contribution in [0.3, 0.4) is 0 Å². The number of hydrogen-bond acceptors (Lipinski definition) is 5. The van der Waals surface area contributed by atoms with Gasteiger partial charge in [0.1, 0.15) is 11.1 Å². The highest BCUT2D eigenvalue weighted by Gasteiger charge is 2.40. The van der Waals surface area contributed by atoms with Crippen LogP contribution in [0.4, 0.5) is 4.79 Å². The first kappa shape index (κ1) is 28.5. The maximum Gasteiger partial charge on any atom is 0.408 e. The van der Waals surface area contributed by atoms with Gasteiger partial charge in [0.2, 0.25) is 0 Å². The Hall–Kier alpha value is -3.11. The van der Waals surface area contributed by atoms with Gasteiger partial charge in [0, 0.05) is 18.6 Å². The third-order valence-electron chi connectivity index (χ3n) is 5.54. The molecule has 0 aromatic heterocycles. The highest BCUT2D eigenvalue weighted by Crippen LogP contribution is 2.26. The summed E-state index contributed by atoms with van der Waals surface area (Å²) in [6.45, 7) is 11.1. The predicted molar refractivity (Wildman–Crippen MR) is 146 cm³/mol. The molecule has 6 nitrogen and oxygen atoms in total. The Balaban J connectivity index is 1.52. The van der Waals surface area contributed by atoms with Crippen molar-refractivity contribution in [3.05, 3.63) is 77.4 Å². The minimum Gasteiger partial charge on any atom is -0.444 e. The van der Waals surface area contributed by atoms with Crippen LogP contribution in [0.5, 0.6) is 0 Å². The normalized spacial score (nSPS) is 16.6. The Labute approximate surface area is 221 Å². The molecule has 3 rings (SSSR count). The average Bonchev–Trinajstić information content (AvgIpc) is 2.84. The van der Waals surface area contributed by atoms with Crippen LogP contribution < -0.4 is 5.32 Å². The van der Waals surface area contributed by atoms with E-state index in [1.807, 2.05) is 89.2 Å². The number of unbranched alkanes of at least 4 members (excludes halogenated alkanes) is 1. The molecule has 0 spiro atoms. The van der Waals surface area contributed by atoms with Crippen LogP contribution in [-0.2, 0) is 25.6 Å². The van der Waals surface area contributed by atoms with Gasteiger partial charge in [-0.25, -0.2) is 4.79 Å². The Morgan fingerprint density at radius 2 is 1.73 bits per heavy atom. The maximum atomic E-state index is 12.5. The molecule has 1 heterocycles. The number of rotatable bonds is 8. The number of nitrogens with one attached hydrogen (secondary N) is 1. The molecule has 2 aromatic carbocycles. The van der Waals surface area contributed by atoms with Crippen LogP contribution in [0.15, 0.2) is 60.7 Å². The fourth-order valence-corrected chi connectivity index (χ4v) is 3.53. The van der Waals surface area contributed by atoms with Crippen molar-refractivity contribution in [1.82, 2.24) is 5.32 Å². The van der Waals surface area contributed by atoms with Gasteiger partial charge in [-0.3, -0.25) is 0 Å². The smallest absolute Gasteiger partial charge is 0.408 e. The van der Waals surface area contributed by atoms with E-state index < -0.39 is 23.0 Å². The third kappa shape index (κ3) is 10.4. The van der Waals surface area contributed by atoms with E-state index in [4.69, 9.17) is 18.9 Å². The minimum atomic E-state index is -0.834. The molecule has 0 saturated carbocycles. The number of hydrogen-bond donors (Lipinski definition) is 1. The zero-order chi connectivity index (χ0) is 26.8. The molecule has 198 valence electrons. The van der Waals surface area contributed by atoms with Crippen molar-refractivity contribution in [2.45, 2.75) is 71.0 Å². The highest BCUT2D eigenvalue weighted by atomic mass is 16.7. The first-order valence-electron chi connectivity index (χ1n) is 12.7. The summed E-state index contributed by atoms with van der Waals surface area (Å²) >= 11 is 0. The van der Waals surface area contributed by atoms with Crippen LogP contribution in [0, 0.1) is 11.8 Å². The fourth-order valence-electron chi connectivity index (χ4n) is 3.53. The monoisotopic (exact) mass is 505 g/mol. The zero-order valence-corrected chi connectivity index (χ0v) is 22.6. The fraction of sp³-hybridized carbons (Fsp3) is 0.452. The lowest BCUT2D eigenvalue weighted by molar-refractivity contribution is -0.263. The zero-order valence-electron chi connectivity index (χ0n) is 22.6. The molecule has 0 unspecified atom stereocenters. The number of amides is 1. The molecule has 6 heteroatoms.